The second kappa shape index (κ2) is 4.25. The third-order valence-electron chi connectivity index (χ3n) is 2.43. The predicted octanol–water partition coefficient (Wildman–Crippen LogP) is 3.15. The number of thioether (sulfide) groups is 1. The highest BCUT2D eigenvalue weighted by Gasteiger charge is 2.06. The molecule has 0 atom stereocenters. The lowest BCUT2D eigenvalue weighted by Gasteiger charge is -1.91. The lowest BCUT2D eigenvalue weighted by molar-refractivity contribution is 0.489. The largest absolute Gasteiger partial charge is 0.431 e. The first-order valence-electron chi connectivity index (χ1n) is 5.28. The van der Waals surface area contributed by atoms with Gasteiger partial charge in [0.25, 0.3) is 5.22 Å². The number of oxazole rings is 1. The van der Waals surface area contributed by atoms with E-state index in [4.69, 9.17) is 4.42 Å². The Kier molecular flexibility index (Phi) is 2.60. The maximum absolute atomic E-state index is 5.64. The van der Waals surface area contributed by atoms with E-state index >= 15 is 0 Å². The van der Waals surface area contributed by atoms with Crippen molar-refractivity contribution in [2.24, 2.45) is 0 Å². The molecule has 0 amide bonds. The van der Waals surface area contributed by atoms with E-state index < -0.39 is 0 Å². The number of imidazole rings is 1. The van der Waals surface area contributed by atoms with Gasteiger partial charge in [0, 0.05) is 17.6 Å². The minimum Gasteiger partial charge on any atom is -0.431 e. The molecule has 0 unspecified atom stereocenters. The van der Waals surface area contributed by atoms with Crippen molar-refractivity contribution in [3.05, 3.63) is 42.0 Å². The molecule has 1 N–H and O–H groups in total. The van der Waals surface area contributed by atoms with E-state index in [0.29, 0.717) is 5.22 Å². The van der Waals surface area contributed by atoms with Gasteiger partial charge in [-0.15, -0.1) is 0 Å². The van der Waals surface area contributed by atoms with Crippen molar-refractivity contribution in [1.82, 2.24) is 15.0 Å². The quantitative estimate of drug-likeness (QED) is 0.720. The number of hydrogen-bond acceptors (Lipinski definition) is 4. The van der Waals surface area contributed by atoms with E-state index in [1.54, 1.807) is 24.3 Å². The normalized spacial score (nSPS) is 11.1. The summed E-state index contributed by atoms with van der Waals surface area (Å²) in [5.41, 5.74) is 4.00. The van der Waals surface area contributed by atoms with Crippen LogP contribution in [0.1, 0.15) is 11.3 Å². The maximum atomic E-state index is 5.64. The van der Waals surface area contributed by atoms with Crippen LogP contribution in [0.3, 0.4) is 0 Å². The lowest BCUT2D eigenvalue weighted by atomic mass is 10.2. The summed E-state index contributed by atoms with van der Waals surface area (Å²) < 4.78 is 5.64. The molecule has 2 heterocycles. The zero-order valence-corrected chi connectivity index (χ0v) is 10.1. The fraction of sp³-hybridized carbons (Fsp3) is 0.167. The van der Waals surface area contributed by atoms with Crippen molar-refractivity contribution in [3.8, 4) is 0 Å². The van der Waals surface area contributed by atoms with Gasteiger partial charge >= 0.3 is 0 Å². The molecule has 0 fully saturated rings. The molecule has 0 saturated heterocycles. The maximum Gasteiger partial charge on any atom is 0.257 e. The van der Waals surface area contributed by atoms with E-state index in [9.17, 15) is 0 Å². The van der Waals surface area contributed by atoms with Gasteiger partial charge in [0.05, 0.1) is 6.33 Å². The standard InChI is InChI=1S/C12H11N3OS/c1-8-2-3-11-10(4-8)15-12(16-11)17-6-9-5-13-7-14-9/h2-5,7H,6H2,1H3,(H,13,14). The Labute approximate surface area is 102 Å². The highest BCUT2D eigenvalue weighted by Crippen LogP contribution is 2.25. The summed E-state index contributed by atoms with van der Waals surface area (Å²) in [5, 5.41) is 0.695. The summed E-state index contributed by atoms with van der Waals surface area (Å²) >= 11 is 1.56. The number of benzene rings is 1. The minimum atomic E-state index is 0.695. The molecule has 0 saturated carbocycles. The molecule has 0 aliphatic heterocycles. The first-order chi connectivity index (χ1) is 8.31. The van der Waals surface area contributed by atoms with Gasteiger partial charge in [-0.2, -0.15) is 0 Å². The van der Waals surface area contributed by atoms with E-state index in [1.807, 2.05) is 25.1 Å². The van der Waals surface area contributed by atoms with Crippen molar-refractivity contribution in [3.63, 3.8) is 0 Å². The number of aryl methyl sites for hydroxylation is 1. The van der Waals surface area contributed by atoms with E-state index in [2.05, 4.69) is 15.0 Å². The van der Waals surface area contributed by atoms with Gasteiger partial charge in [-0.1, -0.05) is 17.8 Å². The van der Waals surface area contributed by atoms with Crippen LogP contribution in [-0.2, 0) is 5.75 Å². The summed E-state index contributed by atoms with van der Waals surface area (Å²) in [6.45, 7) is 2.05. The Balaban J connectivity index is 1.81. The van der Waals surface area contributed by atoms with Crippen molar-refractivity contribution in [2.45, 2.75) is 17.9 Å². The summed E-state index contributed by atoms with van der Waals surface area (Å²) in [6, 6.07) is 6.01. The number of aromatic nitrogens is 3. The highest BCUT2D eigenvalue weighted by atomic mass is 32.2. The van der Waals surface area contributed by atoms with Crippen LogP contribution in [0.25, 0.3) is 11.1 Å². The molecule has 17 heavy (non-hydrogen) atoms. The molecule has 5 heteroatoms. The van der Waals surface area contributed by atoms with Gasteiger partial charge in [0.15, 0.2) is 5.58 Å². The average Bonchev–Trinajstić information content (AvgIpc) is 2.94. The van der Waals surface area contributed by atoms with Gasteiger partial charge in [0.2, 0.25) is 0 Å². The highest BCUT2D eigenvalue weighted by molar-refractivity contribution is 7.98. The van der Waals surface area contributed by atoms with Crippen molar-refractivity contribution in [1.29, 1.82) is 0 Å². The molecule has 4 nitrogen and oxygen atoms in total. The molecule has 0 spiro atoms. The van der Waals surface area contributed by atoms with E-state index in [-0.39, 0.29) is 0 Å². The molecule has 3 rings (SSSR count). The van der Waals surface area contributed by atoms with E-state index in [0.717, 1.165) is 22.5 Å². The summed E-state index contributed by atoms with van der Waals surface area (Å²) in [4.78, 5) is 11.5. The summed E-state index contributed by atoms with van der Waals surface area (Å²) in [7, 11) is 0. The molecule has 2 aromatic heterocycles. The zero-order valence-electron chi connectivity index (χ0n) is 9.30. The van der Waals surface area contributed by atoms with Crippen molar-refractivity contribution in [2.75, 3.05) is 0 Å². The molecular formula is C12H11N3OS. The predicted molar refractivity (Wildman–Crippen MR) is 66.9 cm³/mol. The van der Waals surface area contributed by atoms with Gasteiger partial charge in [-0.3, -0.25) is 0 Å². The molecule has 1 aromatic carbocycles. The van der Waals surface area contributed by atoms with Crippen LogP contribution >= 0.6 is 11.8 Å². The first-order valence-corrected chi connectivity index (χ1v) is 6.27. The minimum absolute atomic E-state index is 0.695. The topological polar surface area (TPSA) is 54.7 Å². The smallest absolute Gasteiger partial charge is 0.257 e. The SMILES string of the molecule is Cc1ccc2oc(SCc3cnc[nH]3)nc2c1. The molecule has 86 valence electrons. The fourth-order valence-corrected chi connectivity index (χ4v) is 2.33. The van der Waals surface area contributed by atoms with Crippen LogP contribution in [-0.4, -0.2) is 15.0 Å². The Bertz CT molecular complexity index is 630. The molecule has 3 aromatic rings. The Morgan fingerprint density at radius 1 is 1.41 bits per heavy atom. The summed E-state index contributed by atoms with van der Waals surface area (Å²) in [5.74, 6) is 0.784. The van der Waals surface area contributed by atoms with Crippen LogP contribution in [0.5, 0.6) is 0 Å². The number of nitrogens with one attached hydrogen (secondary N) is 1. The number of aromatic amines is 1. The van der Waals surface area contributed by atoms with Crippen LogP contribution in [0.4, 0.5) is 0 Å². The van der Waals surface area contributed by atoms with Crippen LogP contribution in [0, 0.1) is 6.92 Å². The third-order valence-corrected chi connectivity index (χ3v) is 3.31. The number of hydrogen-bond donors (Lipinski definition) is 1. The van der Waals surface area contributed by atoms with Gasteiger partial charge in [0.1, 0.15) is 5.52 Å². The van der Waals surface area contributed by atoms with Gasteiger partial charge in [-0.05, 0) is 24.6 Å². The third kappa shape index (κ3) is 2.19. The monoisotopic (exact) mass is 245 g/mol. The Morgan fingerprint density at radius 2 is 2.35 bits per heavy atom. The molecule has 0 aliphatic rings. The fourth-order valence-electron chi connectivity index (χ4n) is 1.58. The molecule has 0 radical (unpaired) electrons. The van der Waals surface area contributed by atoms with Gasteiger partial charge in [-0.25, -0.2) is 9.97 Å². The first kappa shape index (κ1) is 10.4. The number of H-pyrrole nitrogens is 1. The van der Waals surface area contributed by atoms with Crippen molar-refractivity contribution >= 4 is 22.9 Å². The number of nitrogens with zero attached hydrogens (tertiary/aromatic N) is 2. The Morgan fingerprint density at radius 3 is 3.18 bits per heavy atom. The molecule has 0 bridgehead atoms. The summed E-state index contributed by atoms with van der Waals surface area (Å²) in [6.07, 6.45) is 3.48. The average molecular weight is 245 g/mol. The molecular weight excluding hydrogens is 234 g/mol. The number of fused-ring (bicyclic) bond motifs is 1. The zero-order chi connectivity index (χ0) is 11.7. The second-order valence-electron chi connectivity index (χ2n) is 3.82. The van der Waals surface area contributed by atoms with Crippen LogP contribution < -0.4 is 0 Å². The van der Waals surface area contributed by atoms with Gasteiger partial charge < -0.3 is 9.40 Å². The molecule has 0 aliphatic carbocycles. The Hall–Kier alpha value is -1.75. The van der Waals surface area contributed by atoms with Crippen LogP contribution in [0.15, 0.2) is 40.4 Å². The number of rotatable bonds is 3. The van der Waals surface area contributed by atoms with Crippen LogP contribution in [0.2, 0.25) is 0 Å². The lowest BCUT2D eigenvalue weighted by Crippen LogP contribution is -1.79. The van der Waals surface area contributed by atoms with Crippen molar-refractivity contribution < 1.29 is 4.42 Å². The second-order valence-corrected chi connectivity index (χ2v) is 4.74. The van der Waals surface area contributed by atoms with E-state index in [1.165, 1.54) is 5.56 Å².